The highest BCUT2D eigenvalue weighted by Gasteiger charge is 2.34. The Labute approximate surface area is 96.2 Å². The fourth-order valence-corrected chi connectivity index (χ4v) is 2.54. The number of carbonyl (C=O) groups excluding carboxylic acids is 2. The van der Waals surface area contributed by atoms with Crippen molar-refractivity contribution in [3.63, 3.8) is 0 Å². The Morgan fingerprint density at radius 1 is 1.25 bits per heavy atom. The maximum absolute atomic E-state index is 11.4. The van der Waals surface area contributed by atoms with Crippen LogP contribution < -0.4 is 10.6 Å². The molecule has 4 heteroatoms. The third-order valence-corrected chi connectivity index (χ3v) is 3.74. The van der Waals surface area contributed by atoms with Crippen molar-refractivity contribution in [1.29, 1.82) is 0 Å². The lowest BCUT2D eigenvalue weighted by atomic mass is 9.75. The van der Waals surface area contributed by atoms with Gasteiger partial charge in [-0.2, -0.15) is 0 Å². The number of carbonyl (C=O) groups is 2. The predicted molar refractivity (Wildman–Crippen MR) is 60.7 cm³/mol. The largest absolute Gasteiger partial charge is 0.303 e. The maximum Gasteiger partial charge on any atom is 0.244 e. The molecule has 0 radical (unpaired) electrons. The second-order valence-corrected chi connectivity index (χ2v) is 5.77. The van der Waals surface area contributed by atoms with Gasteiger partial charge >= 0.3 is 0 Å². The molecule has 16 heavy (non-hydrogen) atoms. The Morgan fingerprint density at radius 3 is 2.38 bits per heavy atom. The highest BCUT2D eigenvalue weighted by molar-refractivity contribution is 6.05. The van der Waals surface area contributed by atoms with Gasteiger partial charge in [0.2, 0.25) is 11.8 Å². The molecule has 2 N–H and O–H groups in total. The summed E-state index contributed by atoms with van der Waals surface area (Å²) in [5.41, 5.74) is 0.436. The maximum atomic E-state index is 11.4. The van der Waals surface area contributed by atoms with Crippen molar-refractivity contribution in [1.82, 2.24) is 10.6 Å². The topological polar surface area (TPSA) is 58.2 Å². The van der Waals surface area contributed by atoms with Crippen LogP contribution in [0.2, 0.25) is 0 Å². The second kappa shape index (κ2) is 4.17. The van der Waals surface area contributed by atoms with Gasteiger partial charge in [-0.1, -0.05) is 13.8 Å². The minimum absolute atomic E-state index is 0.154. The zero-order valence-electron chi connectivity index (χ0n) is 10.0. The average Bonchev–Trinajstić information content (AvgIpc) is 2.49. The molecule has 2 amide bonds. The fraction of sp³-hybridized carbons (Fsp3) is 0.833. The SMILES string of the molecule is CC1(C)CCC(NC2CC(=O)NC2=O)CC1. The van der Waals surface area contributed by atoms with Crippen LogP contribution in [0.1, 0.15) is 46.0 Å². The van der Waals surface area contributed by atoms with Crippen molar-refractivity contribution in [2.24, 2.45) is 5.41 Å². The van der Waals surface area contributed by atoms with Gasteiger partial charge < -0.3 is 5.32 Å². The number of hydrogen-bond donors (Lipinski definition) is 2. The quantitative estimate of drug-likeness (QED) is 0.687. The molecule has 1 atom stereocenters. The molecule has 90 valence electrons. The van der Waals surface area contributed by atoms with Crippen LogP contribution in [-0.4, -0.2) is 23.9 Å². The molecule has 1 aliphatic carbocycles. The number of amides is 2. The van der Waals surface area contributed by atoms with E-state index in [0.717, 1.165) is 12.8 Å². The molecule has 0 aromatic heterocycles. The van der Waals surface area contributed by atoms with Crippen molar-refractivity contribution in [2.45, 2.75) is 58.0 Å². The number of nitrogens with one attached hydrogen (secondary N) is 2. The van der Waals surface area contributed by atoms with Gasteiger partial charge in [0, 0.05) is 6.04 Å². The smallest absolute Gasteiger partial charge is 0.244 e. The molecule has 2 aliphatic rings. The molecule has 0 aromatic carbocycles. The molecule has 0 spiro atoms. The van der Waals surface area contributed by atoms with E-state index in [1.165, 1.54) is 12.8 Å². The van der Waals surface area contributed by atoms with Gasteiger partial charge in [0.1, 0.15) is 0 Å². The predicted octanol–water partition coefficient (Wildman–Crippen LogP) is 0.960. The van der Waals surface area contributed by atoms with Gasteiger partial charge in [-0.3, -0.25) is 14.9 Å². The highest BCUT2D eigenvalue weighted by Crippen LogP contribution is 2.35. The molecule has 4 nitrogen and oxygen atoms in total. The van der Waals surface area contributed by atoms with Crippen LogP contribution in [-0.2, 0) is 9.59 Å². The van der Waals surface area contributed by atoms with E-state index in [0.29, 0.717) is 17.9 Å². The highest BCUT2D eigenvalue weighted by atomic mass is 16.2. The molecule has 2 fully saturated rings. The van der Waals surface area contributed by atoms with Crippen molar-refractivity contribution in [3.8, 4) is 0 Å². The van der Waals surface area contributed by atoms with E-state index in [4.69, 9.17) is 0 Å². The monoisotopic (exact) mass is 224 g/mol. The first kappa shape index (κ1) is 11.6. The normalized spacial score (nSPS) is 30.5. The molecule has 1 aliphatic heterocycles. The van der Waals surface area contributed by atoms with Crippen molar-refractivity contribution in [3.05, 3.63) is 0 Å². The van der Waals surface area contributed by atoms with E-state index in [1.54, 1.807) is 0 Å². The van der Waals surface area contributed by atoms with Crippen LogP contribution in [0.4, 0.5) is 0 Å². The van der Waals surface area contributed by atoms with Gasteiger partial charge in [0.15, 0.2) is 0 Å². The first-order valence-corrected chi connectivity index (χ1v) is 6.06. The van der Waals surface area contributed by atoms with E-state index in [1.807, 2.05) is 0 Å². The van der Waals surface area contributed by atoms with Gasteiger partial charge in [0.25, 0.3) is 0 Å². The summed E-state index contributed by atoms with van der Waals surface area (Å²) in [7, 11) is 0. The standard InChI is InChI=1S/C12H20N2O2/c1-12(2)5-3-8(4-6-12)13-9-7-10(15)14-11(9)16/h8-9,13H,3-7H2,1-2H3,(H,14,15,16). The molecule has 1 saturated carbocycles. The molecule has 1 saturated heterocycles. The lowest BCUT2D eigenvalue weighted by Gasteiger charge is -2.35. The minimum atomic E-state index is -0.293. The van der Waals surface area contributed by atoms with Gasteiger partial charge in [-0.05, 0) is 31.1 Å². The Balaban J connectivity index is 1.83. The second-order valence-electron chi connectivity index (χ2n) is 5.77. The van der Waals surface area contributed by atoms with E-state index in [-0.39, 0.29) is 17.9 Å². The van der Waals surface area contributed by atoms with Crippen LogP contribution in [0.15, 0.2) is 0 Å². The van der Waals surface area contributed by atoms with Crippen LogP contribution in [0.5, 0.6) is 0 Å². The molecule has 2 rings (SSSR count). The van der Waals surface area contributed by atoms with Crippen LogP contribution in [0.25, 0.3) is 0 Å². The van der Waals surface area contributed by atoms with Crippen LogP contribution >= 0.6 is 0 Å². The van der Waals surface area contributed by atoms with Crippen LogP contribution in [0, 0.1) is 5.41 Å². The van der Waals surface area contributed by atoms with Gasteiger partial charge in [0.05, 0.1) is 12.5 Å². The number of hydrogen-bond acceptors (Lipinski definition) is 3. The molecule has 0 bridgehead atoms. The minimum Gasteiger partial charge on any atom is -0.303 e. The van der Waals surface area contributed by atoms with Gasteiger partial charge in [-0.25, -0.2) is 0 Å². The molecular formula is C12H20N2O2. The zero-order chi connectivity index (χ0) is 11.8. The molecule has 0 aromatic rings. The first-order valence-electron chi connectivity index (χ1n) is 6.06. The zero-order valence-corrected chi connectivity index (χ0v) is 10.0. The molecular weight excluding hydrogens is 204 g/mol. The summed E-state index contributed by atoms with van der Waals surface area (Å²) in [6.45, 7) is 4.57. The summed E-state index contributed by atoms with van der Waals surface area (Å²) in [5.74, 6) is -0.312. The average molecular weight is 224 g/mol. The number of rotatable bonds is 2. The molecule has 1 heterocycles. The Morgan fingerprint density at radius 2 is 1.88 bits per heavy atom. The summed E-state index contributed by atoms with van der Waals surface area (Å²) in [5, 5.41) is 5.64. The van der Waals surface area contributed by atoms with Crippen molar-refractivity contribution >= 4 is 11.8 Å². The lowest BCUT2D eigenvalue weighted by molar-refractivity contribution is -0.125. The van der Waals surface area contributed by atoms with E-state index < -0.39 is 0 Å². The fourth-order valence-electron chi connectivity index (χ4n) is 2.54. The summed E-state index contributed by atoms with van der Waals surface area (Å²) in [6.07, 6.45) is 4.88. The van der Waals surface area contributed by atoms with Crippen molar-refractivity contribution in [2.75, 3.05) is 0 Å². The summed E-state index contributed by atoms with van der Waals surface area (Å²) in [6, 6.07) is 0.105. The van der Waals surface area contributed by atoms with E-state index in [9.17, 15) is 9.59 Å². The van der Waals surface area contributed by atoms with Gasteiger partial charge in [-0.15, -0.1) is 0 Å². The van der Waals surface area contributed by atoms with E-state index >= 15 is 0 Å². The lowest BCUT2D eigenvalue weighted by Crippen LogP contribution is -2.45. The Bertz CT molecular complexity index is 302. The Hall–Kier alpha value is -0.900. The van der Waals surface area contributed by atoms with E-state index in [2.05, 4.69) is 24.5 Å². The Kier molecular flexibility index (Phi) is 3.02. The summed E-state index contributed by atoms with van der Waals surface area (Å²) < 4.78 is 0. The van der Waals surface area contributed by atoms with Crippen molar-refractivity contribution < 1.29 is 9.59 Å². The number of imide groups is 1. The van der Waals surface area contributed by atoms with Crippen LogP contribution in [0.3, 0.4) is 0 Å². The first-order chi connectivity index (χ1) is 7.46. The third-order valence-electron chi connectivity index (χ3n) is 3.74. The molecule has 1 unspecified atom stereocenters. The summed E-state index contributed by atoms with van der Waals surface area (Å²) >= 11 is 0. The third kappa shape index (κ3) is 2.61. The summed E-state index contributed by atoms with van der Waals surface area (Å²) in [4.78, 5) is 22.4.